The lowest BCUT2D eigenvalue weighted by atomic mass is 10.0. The van der Waals surface area contributed by atoms with Crippen molar-refractivity contribution in [3.05, 3.63) is 0 Å². The number of rotatable bonds is 14. The highest BCUT2D eigenvalue weighted by molar-refractivity contribution is 8.18. The molecule has 0 aromatic rings. The molecule has 3 atom stereocenters. The third-order valence-electron chi connectivity index (χ3n) is 3.72. The van der Waals surface area contributed by atoms with Gasteiger partial charge in [0.05, 0.1) is 0 Å². The van der Waals surface area contributed by atoms with Crippen LogP contribution in [-0.4, -0.2) is 77.0 Å². The van der Waals surface area contributed by atoms with Crippen molar-refractivity contribution in [2.24, 2.45) is 0 Å². The molecule has 0 heterocycles. The van der Waals surface area contributed by atoms with Crippen molar-refractivity contribution in [2.45, 2.75) is 70.9 Å². The Morgan fingerprint density at radius 1 is 0.688 bits per heavy atom. The van der Waals surface area contributed by atoms with Crippen LogP contribution in [0.1, 0.15) is 48.5 Å². The number of carbonyl (C=O) groups is 5. The average molecular weight is 497 g/mol. The maximum Gasteiger partial charge on any atom is 0.303 e. The summed E-state index contributed by atoms with van der Waals surface area (Å²) >= 11 is 2.65. The molecule has 0 amide bonds. The molecule has 0 N–H and O–H groups in total. The average Bonchev–Trinajstić information content (AvgIpc) is 2.65. The van der Waals surface area contributed by atoms with E-state index in [0.29, 0.717) is 11.5 Å². The van der Waals surface area contributed by atoms with E-state index < -0.39 is 58.8 Å². The largest absolute Gasteiger partial charge is 0.463 e. The summed E-state index contributed by atoms with van der Waals surface area (Å²) in [5.74, 6) is -2.30. The molecule has 0 radical (unpaired) electrons. The van der Waals surface area contributed by atoms with Crippen LogP contribution in [-0.2, 0) is 47.7 Å². The van der Waals surface area contributed by atoms with Gasteiger partial charge in [0.25, 0.3) is 0 Å². The van der Waals surface area contributed by atoms with Crippen molar-refractivity contribution in [3.8, 4) is 0 Å². The zero-order chi connectivity index (χ0) is 24.9. The van der Waals surface area contributed by atoms with Gasteiger partial charge in [0.1, 0.15) is 17.3 Å². The fourth-order valence-corrected chi connectivity index (χ4v) is 5.78. The van der Waals surface area contributed by atoms with Crippen molar-refractivity contribution in [1.82, 2.24) is 0 Å². The minimum absolute atomic E-state index is 0.185. The van der Waals surface area contributed by atoms with E-state index in [0.717, 1.165) is 13.8 Å². The Morgan fingerprint density at radius 2 is 1.16 bits per heavy atom. The smallest absolute Gasteiger partial charge is 0.303 e. The Balaban J connectivity index is 6.63. The molecular weight excluding hydrogens is 464 g/mol. The Morgan fingerprint density at radius 3 is 1.53 bits per heavy atom. The number of hydrogen-bond donors (Lipinski definition) is 0. The molecule has 0 saturated carbocycles. The van der Waals surface area contributed by atoms with Gasteiger partial charge in [-0.25, -0.2) is 0 Å². The molecule has 0 unspecified atom stereocenters. The first kappa shape index (κ1) is 30.0. The normalized spacial score (nSPS) is 13.8. The van der Waals surface area contributed by atoms with E-state index in [-0.39, 0.29) is 6.61 Å². The molecule has 0 aliphatic rings. The third-order valence-corrected chi connectivity index (χ3v) is 6.68. The topological polar surface area (TPSA) is 132 Å². The van der Waals surface area contributed by atoms with E-state index >= 15 is 0 Å². The molecule has 0 aromatic carbocycles. The lowest BCUT2D eigenvalue weighted by molar-refractivity contribution is -0.191. The summed E-state index contributed by atoms with van der Waals surface area (Å²) in [7, 11) is 0. The molecule has 0 aliphatic carbocycles. The van der Waals surface area contributed by atoms with Crippen LogP contribution in [0.3, 0.4) is 0 Å². The summed E-state index contributed by atoms with van der Waals surface area (Å²) in [6, 6.07) is 0. The van der Waals surface area contributed by atoms with Crippen LogP contribution >= 0.6 is 23.5 Å². The summed E-state index contributed by atoms with van der Waals surface area (Å²) in [4.78, 5) is 58.8. The summed E-state index contributed by atoms with van der Waals surface area (Å²) < 4.78 is 25.5. The Bertz CT molecular complexity index is 661. The highest BCUT2D eigenvalue weighted by atomic mass is 32.2. The van der Waals surface area contributed by atoms with Crippen molar-refractivity contribution < 1.29 is 47.7 Å². The maximum atomic E-state index is 12.1. The summed E-state index contributed by atoms with van der Waals surface area (Å²) in [5.41, 5.74) is 0. The molecule has 32 heavy (non-hydrogen) atoms. The van der Waals surface area contributed by atoms with E-state index in [9.17, 15) is 24.0 Å². The van der Waals surface area contributed by atoms with Crippen LogP contribution in [0.15, 0.2) is 0 Å². The zero-order valence-electron chi connectivity index (χ0n) is 19.5. The first-order chi connectivity index (χ1) is 14.9. The van der Waals surface area contributed by atoms with Crippen LogP contribution in [0.4, 0.5) is 0 Å². The van der Waals surface area contributed by atoms with Gasteiger partial charge in [0.15, 0.2) is 18.3 Å². The number of hydrogen-bond acceptors (Lipinski definition) is 12. The fourth-order valence-electron chi connectivity index (χ4n) is 2.78. The summed E-state index contributed by atoms with van der Waals surface area (Å²) in [5, 5.41) is 0. The lowest BCUT2D eigenvalue weighted by Gasteiger charge is -2.42. The van der Waals surface area contributed by atoms with Gasteiger partial charge in [-0.1, -0.05) is 13.8 Å². The highest BCUT2D eigenvalue weighted by Gasteiger charge is 2.52. The molecule has 10 nitrogen and oxygen atoms in total. The van der Waals surface area contributed by atoms with Crippen LogP contribution < -0.4 is 0 Å². The number of thioether (sulfide) groups is 2. The molecular formula is C20H32O10S2. The highest BCUT2D eigenvalue weighted by Crippen LogP contribution is 2.44. The Labute approximate surface area is 196 Å². The van der Waals surface area contributed by atoms with Gasteiger partial charge < -0.3 is 23.7 Å². The molecule has 0 rings (SSSR count). The van der Waals surface area contributed by atoms with E-state index in [4.69, 9.17) is 23.7 Å². The van der Waals surface area contributed by atoms with Gasteiger partial charge >= 0.3 is 29.8 Å². The van der Waals surface area contributed by atoms with E-state index in [1.54, 1.807) is 0 Å². The Hall–Kier alpha value is -1.95. The molecule has 0 bridgehead atoms. The minimum atomic E-state index is -1.35. The molecule has 0 spiro atoms. The first-order valence-corrected chi connectivity index (χ1v) is 11.9. The zero-order valence-corrected chi connectivity index (χ0v) is 21.1. The predicted octanol–water partition coefficient (Wildman–Crippen LogP) is 2.11. The molecule has 0 aliphatic heterocycles. The second kappa shape index (κ2) is 15.0. The van der Waals surface area contributed by atoms with Gasteiger partial charge in [-0.2, -0.15) is 0 Å². The molecule has 0 saturated heterocycles. The van der Waals surface area contributed by atoms with Crippen LogP contribution in [0.5, 0.6) is 0 Å². The minimum Gasteiger partial charge on any atom is -0.463 e. The lowest BCUT2D eigenvalue weighted by Crippen LogP contribution is -2.57. The van der Waals surface area contributed by atoms with Crippen molar-refractivity contribution >= 4 is 53.4 Å². The van der Waals surface area contributed by atoms with Crippen molar-refractivity contribution in [1.29, 1.82) is 0 Å². The van der Waals surface area contributed by atoms with Gasteiger partial charge in [-0.15, -0.1) is 23.5 Å². The van der Waals surface area contributed by atoms with Gasteiger partial charge in [0.2, 0.25) is 0 Å². The van der Waals surface area contributed by atoms with Crippen molar-refractivity contribution in [3.63, 3.8) is 0 Å². The molecule has 184 valence electrons. The SMILES string of the molecule is CCSC(COC(C)=O)(SCC)[C@H](OC(C)=O)[C@H](OC(C)=O)[C@@H](COC(C)=O)OC(C)=O. The number of esters is 5. The molecule has 12 heteroatoms. The molecule has 0 aromatic heterocycles. The van der Waals surface area contributed by atoms with Crippen LogP contribution in [0.25, 0.3) is 0 Å². The summed E-state index contributed by atoms with van der Waals surface area (Å²) in [6.45, 7) is 8.95. The van der Waals surface area contributed by atoms with Gasteiger partial charge in [-0.3, -0.25) is 24.0 Å². The van der Waals surface area contributed by atoms with Crippen molar-refractivity contribution in [2.75, 3.05) is 24.7 Å². The summed E-state index contributed by atoms with van der Waals surface area (Å²) in [6.07, 6.45) is -3.86. The van der Waals surface area contributed by atoms with E-state index in [2.05, 4.69) is 0 Å². The maximum absolute atomic E-state index is 12.1. The second-order valence-electron chi connectivity index (χ2n) is 6.51. The number of carbonyl (C=O) groups excluding carboxylic acids is 5. The van der Waals surface area contributed by atoms with Crippen LogP contribution in [0.2, 0.25) is 0 Å². The van der Waals surface area contributed by atoms with Gasteiger partial charge in [0, 0.05) is 34.6 Å². The standard InChI is InChI=1S/C20H32O10S2/c1-8-31-20(32-9-2,11-27-13(4)22)19(30-16(7)25)18(29-15(6)24)17(28-14(5)23)10-26-12(3)21/h17-19H,8-11H2,1-7H3/t17-,18-,19-/m1/s1. The van der Waals surface area contributed by atoms with E-state index in [1.165, 1.54) is 44.3 Å². The Kier molecular flexibility index (Phi) is 14.1. The molecule has 0 fully saturated rings. The number of ether oxygens (including phenoxy) is 5. The third kappa shape index (κ3) is 11.1. The van der Waals surface area contributed by atoms with E-state index in [1.807, 2.05) is 13.8 Å². The second-order valence-corrected chi connectivity index (χ2v) is 9.96. The first-order valence-electron chi connectivity index (χ1n) is 9.94. The quantitative estimate of drug-likeness (QED) is 0.198. The van der Waals surface area contributed by atoms with Gasteiger partial charge in [-0.05, 0) is 11.5 Å². The predicted molar refractivity (Wildman–Crippen MR) is 119 cm³/mol. The van der Waals surface area contributed by atoms with Crippen LogP contribution in [0, 0.1) is 0 Å². The fraction of sp³-hybridized carbons (Fsp3) is 0.750. The monoisotopic (exact) mass is 496 g/mol.